The maximum atomic E-state index is 7.17. The summed E-state index contributed by atoms with van der Waals surface area (Å²) in [5.41, 5.74) is 20.8. The third kappa shape index (κ3) is 5.62. The van der Waals surface area contributed by atoms with Gasteiger partial charge in [-0.2, -0.15) is 0 Å². The van der Waals surface area contributed by atoms with Gasteiger partial charge in [0.2, 0.25) is 0 Å². The molecule has 0 bridgehead atoms. The van der Waals surface area contributed by atoms with Crippen molar-refractivity contribution in [2.45, 2.75) is 104 Å². The summed E-state index contributed by atoms with van der Waals surface area (Å²) in [4.78, 5) is 4.99. The molecule has 6 aromatic carbocycles. The topological polar surface area (TPSA) is 15.7 Å². The van der Waals surface area contributed by atoms with Crippen LogP contribution < -0.4 is 30.9 Å². The number of nitrogens with zero attached hydrogens (tertiary/aromatic N) is 2. The molecule has 0 spiro atoms. The number of hydrogen-bond donors (Lipinski definition) is 0. The van der Waals surface area contributed by atoms with Crippen molar-refractivity contribution >= 4 is 57.2 Å². The summed E-state index contributed by atoms with van der Waals surface area (Å²) in [5.74, 6) is 1.88. The molecule has 0 saturated heterocycles. The molecule has 10 rings (SSSR count). The molecule has 0 atom stereocenters. The highest BCUT2D eigenvalue weighted by molar-refractivity contribution is 6.99. The van der Waals surface area contributed by atoms with Crippen LogP contribution in [0.2, 0.25) is 0 Å². The van der Waals surface area contributed by atoms with E-state index in [1.807, 2.05) is 0 Å². The van der Waals surface area contributed by atoms with Gasteiger partial charge in [-0.25, -0.2) is 0 Å². The summed E-state index contributed by atoms with van der Waals surface area (Å²) in [6.07, 6.45) is 4.62. The maximum Gasteiger partial charge on any atom is 0.256 e. The molecule has 0 amide bonds. The van der Waals surface area contributed by atoms with Gasteiger partial charge < -0.3 is 14.5 Å². The lowest BCUT2D eigenvalue weighted by Crippen LogP contribution is -2.60. The minimum atomic E-state index is -0.00308. The number of anilines is 6. The third-order valence-corrected chi connectivity index (χ3v) is 13.0. The highest BCUT2D eigenvalue weighted by Crippen LogP contribution is 2.47. The third-order valence-electron chi connectivity index (χ3n) is 13.0. The predicted octanol–water partition coefficient (Wildman–Crippen LogP) is 11.7. The van der Waals surface area contributed by atoms with E-state index in [0.717, 1.165) is 35.7 Å². The number of fused-ring (bicyclic) bond motifs is 6. The molecule has 0 saturated carbocycles. The van der Waals surface area contributed by atoms with Crippen LogP contribution in [0.15, 0.2) is 109 Å². The van der Waals surface area contributed by atoms with Crippen LogP contribution in [-0.4, -0.2) is 6.71 Å². The molecule has 4 heteroatoms. The van der Waals surface area contributed by atoms with E-state index in [-0.39, 0.29) is 23.0 Å². The predicted molar refractivity (Wildman–Crippen MR) is 238 cm³/mol. The van der Waals surface area contributed by atoms with E-state index in [4.69, 9.17) is 4.74 Å². The zero-order valence-corrected chi connectivity index (χ0v) is 34.6. The summed E-state index contributed by atoms with van der Waals surface area (Å²) < 4.78 is 7.17. The standard InChI is InChI=1S/C52H53BN2O/c1-50(2,3)36-16-22-39(23-17-36)55-45-24-18-37(51(4,5)6)28-43(45)53-44-29-38(52(7,8)9)19-25-47(44)56-48-31-42(30-46(55)49(48)53)54(40-20-14-32-10-12-34(32)26-40)41-21-15-33-11-13-35(33)27-41/h14-31H,10-13H2,1-9H3. The fraction of sp³-hybridized carbons (Fsp3) is 0.308. The number of hydrogen-bond acceptors (Lipinski definition) is 3. The Morgan fingerprint density at radius 2 is 1.00 bits per heavy atom. The van der Waals surface area contributed by atoms with Crippen LogP contribution in [0.25, 0.3) is 0 Å². The molecule has 3 nitrogen and oxygen atoms in total. The maximum absolute atomic E-state index is 7.17. The van der Waals surface area contributed by atoms with Gasteiger partial charge in [0.25, 0.3) is 6.71 Å². The minimum absolute atomic E-state index is 0.00203. The largest absolute Gasteiger partial charge is 0.458 e. The Bertz CT molecular complexity index is 2520. The Morgan fingerprint density at radius 1 is 0.464 bits per heavy atom. The van der Waals surface area contributed by atoms with Gasteiger partial charge in [0.1, 0.15) is 11.5 Å². The molecule has 0 aromatic heterocycles. The molecule has 56 heavy (non-hydrogen) atoms. The molecule has 2 aliphatic carbocycles. The molecule has 2 aliphatic heterocycles. The molecular formula is C52H53BN2O. The van der Waals surface area contributed by atoms with E-state index in [2.05, 4.69) is 181 Å². The lowest BCUT2D eigenvalue weighted by atomic mass is 9.33. The Labute approximate surface area is 334 Å². The monoisotopic (exact) mass is 732 g/mol. The van der Waals surface area contributed by atoms with Gasteiger partial charge >= 0.3 is 0 Å². The smallest absolute Gasteiger partial charge is 0.256 e. The Hall–Kier alpha value is -5.22. The average Bonchev–Trinajstić information content (AvgIpc) is 3.12. The fourth-order valence-corrected chi connectivity index (χ4v) is 9.28. The normalized spacial score (nSPS) is 15.0. The van der Waals surface area contributed by atoms with Crippen molar-refractivity contribution in [3.63, 3.8) is 0 Å². The van der Waals surface area contributed by atoms with E-state index >= 15 is 0 Å². The quantitative estimate of drug-likeness (QED) is 0.168. The van der Waals surface area contributed by atoms with Crippen molar-refractivity contribution in [3.05, 3.63) is 148 Å². The van der Waals surface area contributed by atoms with Gasteiger partial charge in [0.05, 0.1) is 5.69 Å². The van der Waals surface area contributed by atoms with Crippen LogP contribution in [0.1, 0.15) is 101 Å². The van der Waals surface area contributed by atoms with Crippen LogP contribution in [0.4, 0.5) is 34.1 Å². The van der Waals surface area contributed by atoms with Crippen LogP contribution in [0.3, 0.4) is 0 Å². The van der Waals surface area contributed by atoms with E-state index in [9.17, 15) is 0 Å². The number of aryl methyl sites for hydroxylation is 4. The number of benzene rings is 6. The molecule has 2 heterocycles. The van der Waals surface area contributed by atoms with Crippen molar-refractivity contribution in [2.75, 3.05) is 9.80 Å². The fourth-order valence-electron chi connectivity index (χ4n) is 9.28. The van der Waals surface area contributed by atoms with Crippen LogP contribution in [0.5, 0.6) is 11.5 Å². The first-order valence-electron chi connectivity index (χ1n) is 20.7. The lowest BCUT2D eigenvalue weighted by molar-refractivity contribution is 0.486. The van der Waals surface area contributed by atoms with Crippen molar-refractivity contribution < 1.29 is 4.74 Å². The summed E-state index contributed by atoms with van der Waals surface area (Å²) in [6, 6.07) is 42.4. The molecular weight excluding hydrogens is 679 g/mol. The first kappa shape index (κ1) is 35.2. The molecule has 0 radical (unpaired) electrons. The number of rotatable bonds is 4. The zero-order valence-electron chi connectivity index (χ0n) is 34.6. The van der Waals surface area contributed by atoms with Crippen molar-refractivity contribution in [2.24, 2.45) is 0 Å². The second-order valence-corrected chi connectivity index (χ2v) is 19.8. The highest BCUT2D eigenvalue weighted by atomic mass is 16.5. The van der Waals surface area contributed by atoms with Crippen molar-refractivity contribution in [1.82, 2.24) is 0 Å². The first-order valence-corrected chi connectivity index (χ1v) is 20.7. The Kier molecular flexibility index (Phi) is 7.64. The van der Waals surface area contributed by atoms with Gasteiger partial charge in [-0.05, 0) is 152 Å². The van der Waals surface area contributed by atoms with Gasteiger partial charge in [0, 0.05) is 34.5 Å². The van der Waals surface area contributed by atoms with E-state index in [0.29, 0.717) is 0 Å². The van der Waals surface area contributed by atoms with Gasteiger partial charge in [-0.1, -0.05) is 111 Å². The Balaban J connectivity index is 1.26. The second-order valence-electron chi connectivity index (χ2n) is 19.8. The van der Waals surface area contributed by atoms with E-state index < -0.39 is 0 Å². The summed E-state index contributed by atoms with van der Waals surface area (Å²) in [7, 11) is 0. The minimum Gasteiger partial charge on any atom is -0.458 e. The van der Waals surface area contributed by atoms with Crippen LogP contribution in [0, 0.1) is 0 Å². The van der Waals surface area contributed by atoms with E-state index in [1.54, 1.807) is 0 Å². The molecule has 4 aliphatic rings. The molecule has 0 fully saturated rings. The zero-order chi connectivity index (χ0) is 38.9. The summed E-state index contributed by atoms with van der Waals surface area (Å²) in [6.45, 7) is 20.8. The van der Waals surface area contributed by atoms with E-state index in [1.165, 1.54) is 90.9 Å². The second kappa shape index (κ2) is 12.1. The lowest BCUT2D eigenvalue weighted by Gasteiger charge is -2.42. The first-order chi connectivity index (χ1) is 26.6. The van der Waals surface area contributed by atoms with Crippen molar-refractivity contribution in [1.29, 1.82) is 0 Å². The van der Waals surface area contributed by atoms with Gasteiger partial charge in [0.15, 0.2) is 0 Å². The average molecular weight is 733 g/mol. The summed E-state index contributed by atoms with van der Waals surface area (Å²) >= 11 is 0. The van der Waals surface area contributed by atoms with Crippen LogP contribution >= 0.6 is 0 Å². The summed E-state index contributed by atoms with van der Waals surface area (Å²) in [5, 5.41) is 0. The molecule has 0 unspecified atom stereocenters. The number of ether oxygens (including phenoxy) is 1. The highest BCUT2D eigenvalue weighted by Gasteiger charge is 2.43. The molecule has 280 valence electrons. The molecule has 6 aromatic rings. The molecule has 0 N–H and O–H groups in total. The van der Waals surface area contributed by atoms with Crippen LogP contribution in [-0.2, 0) is 41.9 Å². The SMILES string of the molecule is CC(C)(C)c1ccc(N2c3ccc(C(C)(C)C)cc3B3c4cc(C(C)(C)C)ccc4Oc4cc(N(c5ccc6c(c5)CC6)c5ccc6c(c5)CC6)cc2c43)cc1. The van der Waals surface area contributed by atoms with Crippen molar-refractivity contribution in [3.8, 4) is 11.5 Å². The van der Waals surface area contributed by atoms with Gasteiger partial charge in [-0.15, -0.1) is 0 Å². The Morgan fingerprint density at radius 3 is 1.54 bits per heavy atom. The van der Waals surface area contributed by atoms with Gasteiger partial charge in [-0.3, -0.25) is 0 Å².